The molecular formula is C18H40NO2+. The summed E-state index contributed by atoms with van der Waals surface area (Å²) < 4.78 is 0.879. The third kappa shape index (κ3) is 11.1. The molecule has 0 aromatic rings. The molecule has 2 N–H and O–H groups in total. The van der Waals surface area contributed by atoms with Crippen molar-refractivity contribution in [2.45, 2.75) is 78.1 Å². The summed E-state index contributed by atoms with van der Waals surface area (Å²) in [5, 5.41) is 18.4. The van der Waals surface area contributed by atoms with Crippen molar-refractivity contribution in [2.24, 2.45) is 0 Å². The van der Waals surface area contributed by atoms with E-state index in [4.69, 9.17) is 0 Å². The largest absolute Gasteiger partial charge is 0.391 e. The van der Waals surface area contributed by atoms with E-state index in [1.165, 1.54) is 64.2 Å². The van der Waals surface area contributed by atoms with E-state index >= 15 is 0 Å². The molecule has 0 aromatic heterocycles. The Balaban J connectivity index is 3.57. The minimum Gasteiger partial charge on any atom is -0.391 e. The first-order valence-corrected chi connectivity index (χ1v) is 9.31. The average Bonchev–Trinajstić information content (AvgIpc) is 2.49. The number of aliphatic hydroxyl groups excluding tert-OH is 2. The van der Waals surface area contributed by atoms with Gasteiger partial charge in [-0.2, -0.15) is 0 Å². The van der Waals surface area contributed by atoms with Crippen LogP contribution in [0.25, 0.3) is 0 Å². The lowest BCUT2D eigenvalue weighted by Gasteiger charge is -2.37. The molecule has 0 rings (SSSR count). The molecule has 128 valence electrons. The first-order valence-electron chi connectivity index (χ1n) is 9.31. The van der Waals surface area contributed by atoms with Crippen LogP contribution in [0.1, 0.15) is 78.1 Å². The molecule has 3 heteroatoms. The van der Waals surface area contributed by atoms with Crippen molar-refractivity contribution < 1.29 is 14.7 Å². The van der Waals surface area contributed by atoms with Crippen LogP contribution in [0, 0.1) is 0 Å². The van der Waals surface area contributed by atoms with Crippen molar-refractivity contribution in [2.75, 3.05) is 39.4 Å². The highest BCUT2D eigenvalue weighted by molar-refractivity contribution is 4.49. The molecule has 0 aliphatic heterocycles. The third-order valence-electron chi connectivity index (χ3n) is 4.81. The lowest BCUT2D eigenvalue weighted by molar-refractivity contribution is -0.927. The second kappa shape index (κ2) is 14.8. The smallest absolute Gasteiger partial charge is 0.102 e. The normalized spacial score (nSPS) is 12.0. The summed E-state index contributed by atoms with van der Waals surface area (Å²) in [5.74, 6) is 0. The molecule has 3 nitrogen and oxygen atoms in total. The van der Waals surface area contributed by atoms with Crippen molar-refractivity contribution in [3.05, 3.63) is 0 Å². The van der Waals surface area contributed by atoms with Crippen LogP contribution in [0.2, 0.25) is 0 Å². The average molecular weight is 303 g/mol. The first-order chi connectivity index (χ1) is 10.2. The second-order valence-corrected chi connectivity index (χ2v) is 6.46. The van der Waals surface area contributed by atoms with E-state index in [1.54, 1.807) is 0 Å². The number of unbranched alkanes of at least 4 members (excludes halogenated alkanes) is 9. The van der Waals surface area contributed by atoms with Crippen LogP contribution in [0.5, 0.6) is 0 Å². The number of rotatable bonds is 16. The second-order valence-electron chi connectivity index (χ2n) is 6.46. The molecule has 0 amide bonds. The van der Waals surface area contributed by atoms with Crippen LogP contribution in [-0.4, -0.2) is 54.1 Å². The molecule has 0 unspecified atom stereocenters. The summed E-state index contributed by atoms with van der Waals surface area (Å²) in [6.07, 6.45) is 13.6. The summed E-state index contributed by atoms with van der Waals surface area (Å²) in [6.45, 7) is 8.58. The Kier molecular flexibility index (Phi) is 14.7. The van der Waals surface area contributed by atoms with Gasteiger partial charge in [-0.05, 0) is 19.8 Å². The van der Waals surface area contributed by atoms with Gasteiger partial charge in [-0.3, -0.25) is 0 Å². The van der Waals surface area contributed by atoms with Gasteiger partial charge < -0.3 is 14.7 Å². The van der Waals surface area contributed by atoms with E-state index in [0.29, 0.717) is 0 Å². The fraction of sp³-hybridized carbons (Fsp3) is 1.00. The van der Waals surface area contributed by atoms with Gasteiger partial charge in [-0.1, -0.05) is 58.3 Å². The zero-order valence-electron chi connectivity index (χ0n) is 14.7. The van der Waals surface area contributed by atoms with E-state index in [-0.39, 0.29) is 13.2 Å². The van der Waals surface area contributed by atoms with Gasteiger partial charge in [-0.15, -0.1) is 0 Å². The van der Waals surface area contributed by atoms with Gasteiger partial charge in [0.1, 0.15) is 13.1 Å². The molecule has 0 saturated heterocycles. The predicted octanol–water partition coefficient (Wildman–Crippen LogP) is 3.73. The Morgan fingerprint density at radius 3 is 1.38 bits per heavy atom. The van der Waals surface area contributed by atoms with E-state index in [9.17, 15) is 10.2 Å². The molecule has 0 radical (unpaired) electrons. The fourth-order valence-electron chi connectivity index (χ4n) is 3.17. The van der Waals surface area contributed by atoms with Gasteiger partial charge in [-0.25, -0.2) is 0 Å². The molecule has 21 heavy (non-hydrogen) atoms. The van der Waals surface area contributed by atoms with Gasteiger partial charge >= 0.3 is 0 Å². The maximum atomic E-state index is 9.22. The van der Waals surface area contributed by atoms with Crippen LogP contribution < -0.4 is 0 Å². The van der Waals surface area contributed by atoms with Crippen molar-refractivity contribution in [3.8, 4) is 0 Å². The molecule has 0 heterocycles. The third-order valence-corrected chi connectivity index (χ3v) is 4.81. The van der Waals surface area contributed by atoms with Crippen molar-refractivity contribution in [1.82, 2.24) is 0 Å². The van der Waals surface area contributed by atoms with E-state index in [2.05, 4.69) is 13.8 Å². The van der Waals surface area contributed by atoms with Crippen LogP contribution >= 0.6 is 0 Å². The van der Waals surface area contributed by atoms with E-state index in [0.717, 1.165) is 30.7 Å². The van der Waals surface area contributed by atoms with E-state index < -0.39 is 0 Å². The minimum absolute atomic E-state index is 0.228. The SMILES string of the molecule is CCCCCCCCCCCC[N+](CC)(CCO)CCO. The fourth-order valence-corrected chi connectivity index (χ4v) is 3.17. The number of quaternary nitrogens is 1. The highest BCUT2D eigenvalue weighted by Gasteiger charge is 2.23. The Labute approximate surface area is 133 Å². The molecule has 0 spiro atoms. The molecular weight excluding hydrogens is 262 g/mol. The van der Waals surface area contributed by atoms with Gasteiger partial charge in [0.15, 0.2) is 0 Å². The number of nitrogens with zero attached hydrogens (tertiary/aromatic N) is 1. The summed E-state index contributed by atoms with van der Waals surface area (Å²) in [7, 11) is 0. The highest BCUT2D eigenvalue weighted by Crippen LogP contribution is 2.13. The van der Waals surface area contributed by atoms with Crippen LogP contribution in [-0.2, 0) is 0 Å². The van der Waals surface area contributed by atoms with Crippen molar-refractivity contribution in [3.63, 3.8) is 0 Å². The maximum Gasteiger partial charge on any atom is 0.102 e. The van der Waals surface area contributed by atoms with Gasteiger partial charge in [0, 0.05) is 0 Å². The van der Waals surface area contributed by atoms with Crippen LogP contribution in [0.15, 0.2) is 0 Å². The molecule has 0 bridgehead atoms. The zero-order chi connectivity index (χ0) is 15.8. The topological polar surface area (TPSA) is 40.5 Å². The number of hydrogen-bond donors (Lipinski definition) is 2. The lowest BCUT2D eigenvalue weighted by atomic mass is 10.1. The number of likely N-dealkylation sites (N-methyl/N-ethyl adjacent to an activating group) is 1. The Bertz CT molecular complexity index is 203. The minimum atomic E-state index is 0.228. The van der Waals surface area contributed by atoms with Gasteiger partial charge in [0.25, 0.3) is 0 Å². The van der Waals surface area contributed by atoms with Gasteiger partial charge in [0.05, 0.1) is 26.3 Å². The highest BCUT2D eigenvalue weighted by atomic mass is 16.3. The lowest BCUT2D eigenvalue weighted by Crippen LogP contribution is -2.52. The summed E-state index contributed by atoms with van der Waals surface area (Å²) in [4.78, 5) is 0. The summed E-state index contributed by atoms with van der Waals surface area (Å²) in [6, 6.07) is 0. The summed E-state index contributed by atoms with van der Waals surface area (Å²) in [5.41, 5.74) is 0. The molecule has 0 aromatic carbocycles. The number of aliphatic hydroxyl groups is 2. The maximum absolute atomic E-state index is 9.22. The molecule has 0 fully saturated rings. The monoisotopic (exact) mass is 302 g/mol. The Morgan fingerprint density at radius 2 is 1.00 bits per heavy atom. The molecule has 0 aliphatic carbocycles. The first kappa shape index (κ1) is 20.9. The van der Waals surface area contributed by atoms with E-state index in [1.807, 2.05) is 0 Å². The Morgan fingerprint density at radius 1 is 0.571 bits per heavy atom. The number of hydrogen-bond acceptors (Lipinski definition) is 2. The summed E-state index contributed by atoms with van der Waals surface area (Å²) >= 11 is 0. The van der Waals surface area contributed by atoms with Crippen molar-refractivity contribution in [1.29, 1.82) is 0 Å². The molecule has 0 aliphatic rings. The van der Waals surface area contributed by atoms with Crippen LogP contribution in [0.4, 0.5) is 0 Å². The predicted molar refractivity (Wildman–Crippen MR) is 91.4 cm³/mol. The van der Waals surface area contributed by atoms with Crippen molar-refractivity contribution >= 4 is 0 Å². The molecule has 0 saturated carbocycles. The van der Waals surface area contributed by atoms with Gasteiger partial charge in [0.2, 0.25) is 0 Å². The molecule has 0 atom stereocenters. The van der Waals surface area contributed by atoms with Crippen LogP contribution in [0.3, 0.4) is 0 Å². The zero-order valence-corrected chi connectivity index (χ0v) is 14.7. The Hall–Kier alpha value is -0.120. The standard InChI is InChI=1S/C18H40NO2/c1-3-5-6-7-8-9-10-11-12-13-14-19(4-2,15-17-20)16-18-21/h20-21H,3-18H2,1-2H3/q+1. The quantitative estimate of drug-likeness (QED) is 0.337.